The molecular weight excluding hydrogens is 376 g/mol. The van der Waals surface area contributed by atoms with Gasteiger partial charge in [0.2, 0.25) is 15.9 Å². The number of sulfonamides is 1. The molecule has 0 unspecified atom stereocenters. The number of amides is 1. The van der Waals surface area contributed by atoms with E-state index in [9.17, 15) is 22.0 Å². The maximum atomic E-state index is 13.8. The van der Waals surface area contributed by atoms with Crippen molar-refractivity contribution in [2.45, 2.75) is 17.7 Å². The summed E-state index contributed by atoms with van der Waals surface area (Å²) in [6.45, 7) is 1.46. The largest absolute Gasteiger partial charge is 0.340 e. The number of nitrogens with one attached hydrogen (secondary N) is 1. The molecular formula is C15H22ClF2N3O3S. The van der Waals surface area contributed by atoms with Crippen molar-refractivity contribution in [2.75, 3.05) is 39.8 Å². The Kier molecular flexibility index (Phi) is 8.20. The van der Waals surface area contributed by atoms with Crippen LogP contribution in [0, 0.1) is 11.6 Å². The lowest BCUT2D eigenvalue weighted by Gasteiger charge is -2.34. The number of benzene rings is 1. The highest BCUT2D eigenvalue weighted by atomic mass is 35.5. The second-order valence-electron chi connectivity index (χ2n) is 5.57. The number of carbonyl (C=O) groups excluding carboxylic acids is 1. The smallest absolute Gasteiger partial charge is 0.246 e. The van der Waals surface area contributed by atoms with Crippen molar-refractivity contribution in [3.05, 3.63) is 29.8 Å². The zero-order chi connectivity index (χ0) is 17.7. The van der Waals surface area contributed by atoms with Crippen LogP contribution < -0.4 is 5.32 Å². The molecule has 1 N–H and O–H groups in total. The third-order valence-electron chi connectivity index (χ3n) is 3.92. The molecule has 2 rings (SSSR count). The van der Waals surface area contributed by atoms with Crippen LogP contribution in [0.5, 0.6) is 0 Å². The van der Waals surface area contributed by atoms with E-state index in [0.29, 0.717) is 18.9 Å². The summed E-state index contributed by atoms with van der Waals surface area (Å²) in [7, 11) is -2.23. The molecule has 142 valence electrons. The van der Waals surface area contributed by atoms with E-state index in [-0.39, 0.29) is 44.5 Å². The minimum atomic E-state index is -4.04. The van der Waals surface area contributed by atoms with Crippen LogP contribution in [0.1, 0.15) is 12.8 Å². The molecule has 0 radical (unpaired) electrons. The molecule has 1 aromatic carbocycles. The first-order valence-corrected chi connectivity index (χ1v) is 9.18. The van der Waals surface area contributed by atoms with Crippen LogP contribution >= 0.6 is 12.4 Å². The number of piperazine rings is 1. The first-order valence-electron chi connectivity index (χ1n) is 7.74. The summed E-state index contributed by atoms with van der Waals surface area (Å²) in [6, 6.07) is 2.39. The third-order valence-corrected chi connectivity index (χ3v) is 5.85. The molecule has 25 heavy (non-hydrogen) atoms. The number of halogens is 3. The first-order chi connectivity index (χ1) is 11.4. The van der Waals surface area contributed by atoms with Crippen LogP contribution in [0.2, 0.25) is 0 Å². The Morgan fingerprint density at radius 3 is 2.40 bits per heavy atom. The molecule has 0 saturated carbocycles. The maximum Gasteiger partial charge on any atom is 0.246 e. The average molecular weight is 398 g/mol. The highest BCUT2D eigenvalue weighted by Crippen LogP contribution is 2.21. The van der Waals surface area contributed by atoms with Gasteiger partial charge in [0.1, 0.15) is 16.5 Å². The molecule has 1 amide bonds. The van der Waals surface area contributed by atoms with Gasteiger partial charge >= 0.3 is 0 Å². The topological polar surface area (TPSA) is 69.7 Å². The first kappa shape index (κ1) is 21.8. The van der Waals surface area contributed by atoms with Gasteiger partial charge in [0, 0.05) is 38.7 Å². The highest BCUT2D eigenvalue weighted by molar-refractivity contribution is 7.89. The summed E-state index contributed by atoms with van der Waals surface area (Å²) in [5.74, 6) is -1.96. The standard InChI is InChI=1S/C15H21F2N3O3S.ClH/c1-18-6-2-3-15(21)19-7-9-20(10-8-19)24(22,23)14-5-4-12(16)11-13(14)17;/h4-5,11,18H,2-3,6-10H2,1H3;1H. The molecule has 1 saturated heterocycles. The SMILES string of the molecule is CNCCCC(=O)N1CCN(S(=O)(=O)c2ccc(F)cc2F)CC1.Cl. The summed E-state index contributed by atoms with van der Waals surface area (Å²) < 4.78 is 52.8. The lowest BCUT2D eigenvalue weighted by atomic mass is 10.2. The van der Waals surface area contributed by atoms with Crippen molar-refractivity contribution < 1.29 is 22.0 Å². The lowest BCUT2D eigenvalue weighted by molar-refractivity contribution is -0.132. The zero-order valence-corrected chi connectivity index (χ0v) is 15.5. The van der Waals surface area contributed by atoms with E-state index in [1.807, 2.05) is 7.05 Å². The molecule has 0 aliphatic carbocycles. The van der Waals surface area contributed by atoms with Crippen molar-refractivity contribution in [3.8, 4) is 0 Å². The van der Waals surface area contributed by atoms with Crippen molar-refractivity contribution in [1.82, 2.24) is 14.5 Å². The normalized spacial score (nSPS) is 15.7. The van der Waals surface area contributed by atoms with E-state index in [2.05, 4.69) is 5.32 Å². The summed E-state index contributed by atoms with van der Waals surface area (Å²) in [6.07, 6.45) is 1.12. The van der Waals surface area contributed by atoms with Crippen LogP contribution in [-0.4, -0.2) is 63.3 Å². The summed E-state index contributed by atoms with van der Waals surface area (Å²) >= 11 is 0. The average Bonchev–Trinajstić information content (AvgIpc) is 2.54. The van der Waals surface area contributed by atoms with Crippen LogP contribution in [0.4, 0.5) is 8.78 Å². The molecule has 6 nitrogen and oxygen atoms in total. The quantitative estimate of drug-likeness (QED) is 0.733. The molecule has 10 heteroatoms. The molecule has 0 aromatic heterocycles. The van der Waals surface area contributed by atoms with Crippen molar-refractivity contribution in [2.24, 2.45) is 0 Å². The van der Waals surface area contributed by atoms with Crippen LogP contribution in [0.25, 0.3) is 0 Å². The van der Waals surface area contributed by atoms with Gasteiger partial charge in [-0.1, -0.05) is 0 Å². The van der Waals surface area contributed by atoms with E-state index >= 15 is 0 Å². The Bertz CT molecular complexity index is 695. The Morgan fingerprint density at radius 2 is 1.84 bits per heavy atom. The minimum absolute atomic E-state index is 0. The van der Waals surface area contributed by atoms with E-state index < -0.39 is 26.6 Å². The fourth-order valence-electron chi connectivity index (χ4n) is 2.58. The van der Waals surface area contributed by atoms with E-state index in [1.54, 1.807) is 4.90 Å². The van der Waals surface area contributed by atoms with Gasteiger partial charge in [-0.05, 0) is 32.1 Å². The Balaban J connectivity index is 0.00000312. The van der Waals surface area contributed by atoms with Gasteiger partial charge in [0.15, 0.2) is 0 Å². The molecule has 0 spiro atoms. The summed E-state index contributed by atoms with van der Waals surface area (Å²) in [4.78, 5) is 13.1. The Hall–Kier alpha value is -1.29. The maximum absolute atomic E-state index is 13.8. The molecule has 1 fully saturated rings. The second kappa shape index (κ2) is 9.42. The monoisotopic (exact) mass is 397 g/mol. The van der Waals surface area contributed by atoms with Gasteiger partial charge in [-0.15, -0.1) is 12.4 Å². The minimum Gasteiger partial charge on any atom is -0.340 e. The van der Waals surface area contributed by atoms with E-state index in [1.165, 1.54) is 0 Å². The molecule has 0 atom stereocenters. The second-order valence-corrected chi connectivity index (χ2v) is 7.47. The number of hydrogen-bond donors (Lipinski definition) is 1. The lowest BCUT2D eigenvalue weighted by Crippen LogP contribution is -2.50. The highest BCUT2D eigenvalue weighted by Gasteiger charge is 2.31. The van der Waals surface area contributed by atoms with Crippen LogP contribution in [-0.2, 0) is 14.8 Å². The number of nitrogens with zero attached hydrogens (tertiary/aromatic N) is 2. The predicted octanol–water partition coefficient (Wildman–Crippen LogP) is 1.22. The Labute approximate surface area is 152 Å². The van der Waals surface area contributed by atoms with E-state index in [4.69, 9.17) is 0 Å². The van der Waals surface area contributed by atoms with Gasteiger partial charge in [0.05, 0.1) is 0 Å². The molecule has 0 bridgehead atoms. The third kappa shape index (κ3) is 5.34. The number of hydrogen-bond acceptors (Lipinski definition) is 4. The van der Waals surface area contributed by atoms with Crippen LogP contribution in [0.15, 0.2) is 23.1 Å². The van der Waals surface area contributed by atoms with Gasteiger partial charge in [-0.25, -0.2) is 17.2 Å². The van der Waals surface area contributed by atoms with Gasteiger partial charge in [0.25, 0.3) is 0 Å². The molecule has 1 aliphatic heterocycles. The summed E-state index contributed by atoms with van der Waals surface area (Å²) in [5.41, 5.74) is 0. The van der Waals surface area contributed by atoms with Gasteiger partial charge in [-0.3, -0.25) is 4.79 Å². The number of rotatable bonds is 6. The van der Waals surface area contributed by atoms with Crippen molar-refractivity contribution in [3.63, 3.8) is 0 Å². The predicted molar refractivity (Wildman–Crippen MR) is 92.1 cm³/mol. The van der Waals surface area contributed by atoms with Gasteiger partial charge < -0.3 is 10.2 Å². The van der Waals surface area contributed by atoms with Crippen molar-refractivity contribution >= 4 is 28.3 Å². The molecule has 1 heterocycles. The van der Waals surface area contributed by atoms with Crippen molar-refractivity contribution in [1.29, 1.82) is 0 Å². The fourth-order valence-corrected chi connectivity index (χ4v) is 4.04. The van der Waals surface area contributed by atoms with E-state index in [0.717, 1.165) is 23.0 Å². The summed E-state index contributed by atoms with van der Waals surface area (Å²) in [5, 5.41) is 2.96. The fraction of sp³-hybridized carbons (Fsp3) is 0.533. The molecule has 1 aromatic rings. The number of carbonyl (C=O) groups is 1. The zero-order valence-electron chi connectivity index (χ0n) is 13.9. The Morgan fingerprint density at radius 1 is 1.20 bits per heavy atom. The van der Waals surface area contributed by atoms with Gasteiger partial charge in [-0.2, -0.15) is 4.31 Å². The molecule has 1 aliphatic rings. The van der Waals surface area contributed by atoms with Crippen LogP contribution in [0.3, 0.4) is 0 Å².